The fourth-order valence-corrected chi connectivity index (χ4v) is 3.69. The number of benzene rings is 2. The molecule has 1 aliphatic rings. The highest BCUT2D eigenvalue weighted by Crippen LogP contribution is 2.46. The number of hydrogen-bond acceptors (Lipinski definition) is 5. The topological polar surface area (TPSA) is 116 Å². The van der Waals surface area contributed by atoms with Crippen LogP contribution in [0.15, 0.2) is 67.3 Å². The molecule has 1 aliphatic heterocycles. The van der Waals surface area contributed by atoms with Crippen molar-refractivity contribution in [2.75, 3.05) is 29.1 Å². The van der Waals surface area contributed by atoms with E-state index in [2.05, 4.69) is 11.9 Å². The molecule has 0 aliphatic carbocycles. The highest BCUT2D eigenvalue weighted by Gasteiger charge is 2.52. The summed E-state index contributed by atoms with van der Waals surface area (Å²) in [6.07, 6.45) is 5.47. The van der Waals surface area contributed by atoms with Gasteiger partial charge in [0.15, 0.2) is 5.60 Å². The van der Waals surface area contributed by atoms with Gasteiger partial charge in [0.05, 0.1) is 5.69 Å². The summed E-state index contributed by atoms with van der Waals surface area (Å²) in [7, 11) is 0. The van der Waals surface area contributed by atoms with E-state index < -0.39 is 17.4 Å². The van der Waals surface area contributed by atoms with Crippen molar-refractivity contribution in [2.45, 2.75) is 18.9 Å². The van der Waals surface area contributed by atoms with Crippen LogP contribution in [0.2, 0.25) is 0 Å². The van der Waals surface area contributed by atoms with Crippen LogP contribution in [0, 0.1) is 5.92 Å². The predicted octanol–water partition coefficient (Wildman–Crippen LogP) is 2.82. The lowest BCUT2D eigenvalue weighted by Gasteiger charge is -2.27. The van der Waals surface area contributed by atoms with Gasteiger partial charge in [0.1, 0.15) is 0 Å². The summed E-state index contributed by atoms with van der Waals surface area (Å²) in [5.41, 5.74) is 6.31. The molecule has 2 aromatic rings. The smallest absolute Gasteiger partial charge is 0.264 e. The molecule has 2 amide bonds. The summed E-state index contributed by atoms with van der Waals surface area (Å²) >= 11 is 0. The molecule has 2 aromatic carbocycles. The number of carbonyl (C=O) groups is 2. The molecule has 3 rings (SSSR count). The van der Waals surface area contributed by atoms with Crippen LogP contribution < -0.4 is 16.0 Å². The van der Waals surface area contributed by atoms with Gasteiger partial charge in [0.2, 0.25) is 0 Å². The quantitative estimate of drug-likeness (QED) is 0.386. The van der Waals surface area contributed by atoms with Gasteiger partial charge in [-0.1, -0.05) is 25.2 Å². The minimum Gasteiger partial charge on any atom is -0.399 e. The monoisotopic (exact) mass is 421 g/mol. The second-order valence-corrected chi connectivity index (χ2v) is 7.51. The molecule has 0 unspecified atom stereocenters. The molecular weight excluding hydrogens is 394 g/mol. The van der Waals surface area contributed by atoms with Gasteiger partial charge in [-0.3, -0.25) is 9.59 Å². The van der Waals surface area contributed by atoms with Gasteiger partial charge in [-0.05, 0) is 48.9 Å². The van der Waals surface area contributed by atoms with Gasteiger partial charge >= 0.3 is 0 Å². The van der Waals surface area contributed by atoms with Crippen LogP contribution in [0.4, 0.5) is 17.1 Å². The summed E-state index contributed by atoms with van der Waals surface area (Å²) in [5.74, 6) is -1.33. The summed E-state index contributed by atoms with van der Waals surface area (Å²) in [6, 6.07) is 11.6. The van der Waals surface area contributed by atoms with E-state index in [1.165, 1.54) is 4.90 Å². The molecule has 2 atom stereocenters. The Balaban J connectivity index is 1.97. The van der Waals surface area contributed by atoms with Crippen LogP contribution in [0.3, 0.4) is 0 Å². The Morgan fingerprint density at radius 1 is 1.29 bits per heavy atom. The number of nitrogens with zero attached hydrogens (tertiary/aromatic N) is 1. The second kappa shape index (κ2) is 9.16. The lowest BCUT2D eigenvalue weighted by Crippen LogP contribution is -2.44. The maximum Gasteiger partial charge on any atom is 0.264 e. The fourth-order valence-electron chi connectivity index (χ4n) is 3.69. The second-order valence-electron chi connectivity index (χ2n) is 7.51. The van der Waals surface area contributed by atoms with E-state index in [0.29, 0.717) is 34.6 Å². The number of rotatable bonds is 8. The third-order valence-corrected chi connectivity index (χ3v) is 5.39. The maximum atomic E-state index is 13.2. The maximum absolute atomic E-state index is 13.2. The Bertz CT molecular complexity index is 1020. The molecule has 5 N–H and O–H groups in total. The van der Waals surface area contributed by atoms with Gasteiger partial charge in [-0.2, -0.15) is 0 Å². The van der Waals surface area contributed by atoms with Crippen LogP contribution in [0.25, 0.3) is 0 Å². The minimum absolute atomic E-state index is 0.0178. The Kier molecular flexibility index (Phi) is 6.58. The molecule has 0 aromatic heterocycles. The average molecular weight is 421 g/mol. The summed E-state index contributed by atoms with van der Waals surface area (Å²) in [4.78, 5) is 27.2. The van der Waals surface area contributed by atoms with Gasteiger partial charge in [-0.15, -0.1) is 6.58 Å². The molecule has 0 saturated carbocycles. The molecule has 0 spiro atoms. The van der Waals surface area contributed by atoms with E-state index in [1.54, 1.807) is 67.6 Å². The number of aliphatic hydroxyl groups excluding tert-OH is 1. The predicted molar refractivity (Wildman–Crippen MR) is 122 cm³/mol. The third kappa shape index (κ3) is 4.23. The van der Waals surface area contributed by atoms with Crippen molar-refractivity contribution in [1.29, 1.82) is 0 Å². The van der Waals surface area contributed by atoms with E-state index in [1.807, 2.05) is 0 Å². The summed E-state index contributed by atoms with van der Waals surface area (Å²) < 4.78 is 0. The number of fused-ring (bicyclic) bond motifs is 1. The Morgan fingerprint density at radius 2 is 2.00 bits per heavy atom. The zero-order valence-corrected chi connectivity index (χ0v) is 17.4. The average Bonchev–Trinajstić information content (AvgIpc) is 2.97. The molecule has 31 heavy (non-hydrogen) atoms. The Morgan fingerprint density at radius 3 is 2.65 bits per heavy atom. The highest BCUT2D eigenvalue weighted by molar-refractivity contribution is 6.09. The molecule has 0 fully saturated rings. The molecule has 0 bridgehead atoms. The van der Waals surface area contributed by atoms with Gasteiger partial charge < -0.3 is 26.2 Å². The molecule has 162 valence electrons. The number of amides is 2. The van der Waals surface area contributed by atoms with Crippen molar-refractivity contribution in [3.63, 3.8) is 0 Å². The summed E-state index contributed by atoms with van der Waals surface area (Å²) in [6.45, 7) is 5.67. The number of nitrogen functional groups attached to an aromatic ring is 1. The van der Waals surface area contributed by atoms with E-state index in [4.69, 9.17) is 10.8 Å². The van der Waals surface area contributed by atoms with Gasteiger partial charge in [-0.25, -0.2) is 0 Å². The fraction of sp³-hybridized carbons (Fsp3) is 0.250. The van der Waals surface area contributed by atoms with E-state index >= 15 is 0 Å². The first-order chi connectivity index (χ1) is 14.8. The molecule has 0 saturated heterocycles. The first-order valence-corrected chi connectivity index (χ1v) is 10.1. The van der Waals surface area contributed by atoms with E-state index in [-0.39, 0.29) is 19.1 Å². The van der Waals surface area contributed by atoms with Crippen molar-refractivity contribution >= 4 is 28.9 Å². The molecule has 1 heterocycles. The van der Waals surface area contributed by atoms with Crippen molar-refractivity contribution in [3.05, 3.63) is 78.4 Å². The zero-order chi connectivity index (χ0) is 22.6. The van der Waals surface area contributed by atoms with E-state index in [9.17, 15) is 14.7 Å². The molecule has 0 radical (unpaired) electrons. The van der Waals surface area contributed by atoms with Crippen molar-refractivity contribution in [2.24, 2.45) is 5.92 Å². The lowest BCUT2D eigenvalue weighted by atomic mass is 9.82. The van der Waals surface area contributed by atoms with Crippen LogP contribution in [0.5, 0.6) is 0 Å². The minimum atomic E-state index is -1.80. The first-order valence-electron chi connectivity index (χ1n) is 10.1. The molecule has 7 heteroatoms. The third-order valence-electron chi connectivity index (χ3n) is 5.39. The van der Waals surface area contributed by atoms with Gasteiger partial charge in [0, 0.05) is 41.6 Å². The zero-order valence-electron chi connectivity index (χ0n) is 17.4. The highest BCUT2D eigenvalue weighted by atomic mass is 16.3. The van der Waals surface area contributed by atoms with Crippen LogP contribution >= 0.6 is 0 Å². The largest absolute Gasteiger partial charge is 0.399 e. The SMILES string of the molecule is C=CCN1C(=O)[C@@](O)([C@@H](C)/C=C/CCO)c2cc(NC(=O)c3ccc(N)cc3)ccc21. The van der Waals surface area contributed by atoms with Crippen molar-refractivity contribution in [3.8, 4) is 0 Å². The Labute approximate surface area is 181 Å². The van der Waals surface area contributed by atoms with Gasteiger partial charge in [0.25, 0.3) is 11.8 Å². The lowest BCUT2D eigenvalue weighted by molar-refractivity contribution is -0.139. The number of hydrogen-bond donors (Lipinski definition) is 4. The van der Waals surface area contributed by atoms with Crippen LogP contribution in [-0.2, 0) is 10.4 Å². The number of nitrogens with one attached hydrogen (secondary N) is 1. The van der Waals surface area contributed by atoms with Crippen LogP contribution in [-0.4, -0.2) is 35.2 Å². The molecular formula is C24H27N3O4. The van der Waals surface area contributed by atoms with Crippen molar-refractivity contribution in [1.82, 2.24) is 0 Å². The van der Waals surface area contributed by atoms with Crippen LogP contribution in [0.1, 0.15) is 29.3 Å². The normalized spacial score (nSPS) is 18.8. The summed E-state index contributed by atoms with van der Waals surface area (Å²) in [5, 5.41) is 23.3. The number of carbonyl (C=O) groups excluding carboxylic acids is 2. The standard InChI is InChI=1S/C24H27N3O4/c1-3-13-27-21-12-11-19(26-22(29)17-7-9-18(25)10-8-17)15-20(21)24(31,23(27)30)16(2)6-4-5-14-28/h3-4,6-12,15-16,28,31H,1,5,13-14,25H2,2H3,(H,26,29)/b6-4+/t16-,24+/m0/s1. The number of aliphatic hydroxyl groups is 2. The number of nitrogens with two attached hydrogens (primary N) is 1. The Hall–Kier alpha value is -3.42. The van der Waals surface area contributed by atoms with Crippen molar-refractivity contribution < 1.29 is 19.8 Å². The van der Waals surface area contributed by atoms with E-state index in [0.717, 1.165) is 0 Å². The molecule has 7 nitrogen and oxygen atoms in total. The number of anilines is 3. The first kappa shape index (κ1) is 22.3.